The molecule has 1 rings (SSSR count). The fourth-order valence-corrected chi connectivity index (χ4v) is 3.24. The number of hydrogen-bond donors (Lipinski definition) is 0. The summed E-state index contributed by atoms with van der Waals surface area (Å²) in [5.41, 5.74) is 1.24. The molecule has 0 saturated carbocycles. The van der Waals surface area contributed by atoms with Gasteiger partial charge in [0.2, 0.25) is 0 Å². The Kier molecular flexibility index (Phi) is 5.73. The molecule has 0 unspecified atom stereocenters. The molecule has 0 fully saturated rings. The Balaban J connectivity index is 3.27. The standard InChI is InChI=1S/C16H25ClO3S/c1-11(2)7-8-20-14-9-12(3)15(21(17,18)19)10-13(14)16(4,5)6/h9-11H,7-8H2,1-6H3. The third kappa shape index (κ3) is 5.19. The van der Waals surface area contributed by atoms with Crippen molar-refractivity contribution in [3.63, 3.8) is 0 Å². The Hall–Kier alpha value is -0.740. The molecule has 1 aromatic carbocycles. The predicted molar refractivity (Wildman–Crippen MR) is 87.9 cm³/mol. The summed E-state index contributed by atoms with van der Waals surface area (Å²) in [7, 11) is 1.77. The van der Waals surface area contributed by atoms with Crippen LogP contribution < -0.4 is 4.74 Å². The van der Waals surface area contributed by atoms with Crippen molar-refractivity contribution in [2.75, 3.05) is 6.61 Å². The minimum Gasteiger partial charge on any atom is -0.493 e. The summed E-state index contributed by atoms with van der Waals surface area (Å²) in [6, 6.07) is 3.42. The average molecular weight is 333 g/mol. The minimum atomic E-state index is -3.75. The largest absolute Gasteiger partial charge is 0.493 e. The predicted octanol–water partition coefficient (Wildman–Crippen LogP) is 4.64. The average Bonchev–Trinajstić information content (AvgIpc) is 2.24. The van der Waals surface area contributed by atoms with Gasteiger partial charge in [0.25, 0.3) is 9.05 Å². The number of benzene rings is 1. The van der Waals surface area contributed by atoms with Crippen molar-refractivity contribution in [1.82, 2.24) is 0 Å². The molecule has 0 atom stereocenters. The normalized spacial score (nSPS) is 12.8. The van der Waals surface area contributed by atoms with Gasteiger partial charge in [0.1, 0.15) is 5.75 Å². The summed E-state index contributed by atoms with van der Waals surface area (Å²) in [6.45, 7) is 12.7. The van der Waals surface area contributed by atoms with Gasteiger partial charge in [-0.1, -0.05) is 34.6 Å². The zero-order valence-electron chi connectivity index (χ0n) is 13.7. The number of hydrogen-bond acceptors (Lipinski definition) is 3. The van der Waals surface area contributed by atoms with Gasteiger partial charge in [0.05, 0.1) is 11.5 Å². The topological polar surface area (TPSA) is 43.4 Å². The van der Waals surface area contributed by atoms with Crippen LogP contribution in [0, 0.1) is 12.8 Å². The third-order valence-corrected chi connectivity index (χ3v) is 4.76. The van der Waals surface area contributed by atoms with E-state index in [1.807, 2.05) is 20.8 Å². The lowest BCUT2D eigenvalue weighted by Gasteiger charge is -2.24. The van der Waals surface area contributed by atoms with Crippen LogP contribution in [0.15, 0.2) is 17.0 Å². The van der Waals surface area contributed by atoms with Gasteiger partial charge < -0.3 is 4.74 Å². The van der Waals surface area contributed by atoms with Gasteiger partial charge >= 0.3 is 0 Å². The van der Waals surface area contributed by atoms with Crippen LogP contribution in [-0.2, 0) is 14.5 Å². The first-order valence-corrected chi connectivity index (χ1v) is 9.46. The molecule has 0 radical (unpaired) electrons. The van der Waals surface area contributed by atoms with Crippen molar-refractivity contribution in [1.29, 1.82) is 0 Å². The maximum Gasteiger partial charge on any atom is 0.261 e. The Morgan fingerprint density at radius 3 is 2.24 bits per heavy atom. The quantitative estimate of drug-likeness (QED) is 0.737. The molecule has 0 amide bonds. The van der Waals surface area contributed by atoms with Crippen molar-refractivity contribution < 1.29 is 13.2 Å². The van der Waals surface area contributed by atoms with E-state index in [1.54, 1.807) is 19.1 Å². The lowest BCUT2D eigenvalue weighted by Crippen LogP contribution is -2.15. The summed E-state index contributed by atoms with van der Waals surface area (Å²) < 4.78 is 29.2. The van der Waals surface area contributed by atoms with Gasteiger partial charge in [0.15, 0.2) is 0 Å². The van der Waals surface area contributed by atoms with Gasteiger partial charge in [-0.2, -0.15) is 0 Å². The SMILES string of the molecule is Cc1cc(OCCC(C)C)c(C(C)(C)C)cc1S(=O)(=O)Cl. The highest BCUT2D eigenvalue weighted by atomic mass is 35.7. The first-order valence-electron chi connectivity index (χ1n) is 7.15. The number of ether oxygens (including phenoxy) is 1. The van der Waals surface area contributed by atoms with Crippen LogP contribution in [0.25, 0.3) is 0 Å². The van der Waals surface area contributed by atoms with E-state index in [4.69, 9.17) is 15.4 Å². The Morgan fingerprint density at radius 1 is 1.24 bits per heavy atom. The van der Waals surface area contributed by atoms with E-state index in [1.165, 1.54) is 0 Å². The molecule has 21 heavy (non-hydrogen) atoms. The fraction of sp³-hybridized carbons (Fsp3) is 0.625. The van der Waals surface area contributed by atoms with Gasteiger partial charge in [-0.3, -0.25) is 0 Å². The highest BCUT2D eigenvalue weighted by Crippen LogP contribution is 2.36. The molecule has 0 N–H and O–H groups in total. The van der Waals surface area contributed by atoms with Crippen molar-refractivity contribution in [3.05, 3.63) is 23.3 Å². The van der Waals surface area contributed by atoms with Crippen molar-refractivity contribution >= 4 is 19.7 Å². The summed E-state index contributed by atoms with van der Waals surface area (Å²) in [5, 5.41) is 0. The maximum atomic E-state index is 11.7. The molecule has 120 valence electrons. The summed E-state index contributed by atoms with van der Waals surface area (Å²) in [4.78, 5) is 0.158. The lowest BCUT2D eigenvalue weighted by atomic mass is 9.86. The molecule has 0 aliphatic carbocycles. The van der Waals surface area contributed by atoms with E-state index in [-0.39, 0.29) is 10.3 Å². The van der Waals surface area contributed by atoms with Crippen molar-refractivity contribution in [3.8, 4) is 5.75 Å². The van der Waals surface area contributed by atoms with Gasteiger partial charge in [-0.25, -0.2) is 8.42 Å². The van der Waals surface area contributed by atoms with Gasteiger partial charge in [-0.05, 0) is 42.4 Å². The van der Waals surface area contributed by atoms with Crippen LogP contribution in [0.2, 0.25) is 0 Å². The molecule has 0 aliphatic heterocycles. The molecule has 3 nitrogen and oxygen atoms in total. The molecule has 0 saturated heterocycles. The molecule has 0 bridgehead atoms. The monoisotopic (exact) mass is 332 g/mol. The minimum absolute atomic E-state index is 0.158. The zero-order valence-corrected chi connectivity index (χ0v) is 15.2. The number of rotatable bonds is 5. The van der Waals surface area contributed by atoms with E-state index in [9.17, 15) is 8.42 Å². The first-order chi connectivity index (χ1) is 9.43. The second-order valence-electron chi connectivity index (χ2n) is 6.83. The molecule has 0 heterocycles. The highest BCUT2D eigenvalue weighted by Gasteiger charge is 2.24. The molecule has 0 spiro atoms. The molecule has 0 aliphatic rings. The highest BCUT2D eigenvalue weighted by molar-refractivity contribution is 8.13. The first kappa shape index (κ1) is 18.3. The van der Waals surface area contributed by atoms with Crippen LogP contribution in [0.4, 0.5) is 0 Å². The van der Waals surface area contributed by atoms with Crippen LogP contribution in [-0.4, -0.2) is 15.0 Å². The third-order valence-electron chi connectivity index (χ3n) is 3.30. The second kappa shape index (κ2) is 6.57. The molecule has 1 aromatic rings. The van der Waals surface area contributed by atoms with E-state index in [2.05, 4.69) is 13.8 Å². The zero-order chi connectivity index (χ0) is 16.4. The van der Waals surface area contributed by atoms with E-state index in [0.717, 1.165) is 17.7 Å². The van der Waals surface area contributed by atoms with Crippen LogP contribution in [0.1, 0.15) is 52.2 Å². The van der Waals surface area contributed by atoms with E-state index in [0.29, 0.717) is 18.1 Å². The van der Waals surface area contributed by atoms with Crippen molar-refractivity contribution in [2.24, 2.45) is 5.92 Å². The van der Waals surface area contributed by atoms with Crippen LogP contribution in [0.5, 0.6) is 5.75 Å². The summed E-state index contributed by atoms with van der Waals surface area (Å²) in [6.07, 6.45) is 0.957. The Labute approximate surface area is 133 Å². The molecule has 0 aromatic heterocycles. The fourth-order valence-electron chi connectivity index (χ4n) is 2.03. The Morgan fingerprint density at radius 2 is 1.81 bits per heavy atom. The second-order valence-corrected chi connectivity index (χ2v) is 9.37. The van der Waals surface area contributed by atoms with Crippen LogP contribution >= 0.6 is 10.7 Å². The summed E-state index contributed by atoms with van der Waals surface area (Å²) in [5.74, 6) is 1.30. The van der Waals surface area contributed by atoms with Crippen molar-refractivity contribution in [2.45, 2.75) is 58.3 Å². The van der Waals surface area contributed by atoms with Gasteiger partial charge in [-0.15, -0.1) is 0 Å². The number of aryl methyl sites for hydroxylation is 1. The van der Waals surface area contributed by atoms with E-state index >= 15 is 0 Å². The lowest BCUT2D eigenvalue weighted by molar-refractivity contribution is 0.282. The molecular weight excluding hydrogens is 308 g/mol. The maximum absolute atomic E-state index is 11.7. The summed E-state index contributed by atoms with van der Waals surface area (Å²) >= 11 is 0. The smallest absolute Gasteiger partial charge is 0.261 e. The van der Waals surface area contributed by atoms with Gasteiger partial charge in [0, 0.05) is 16.2 Å². The Bertz CT molecular complexity index is 599. The molecular formula is C16H25ClO3S. The number of halogens is 1. The van der Waals surface area contributed by atoms with Crippen LogP contribution in [0.3, 0.4) is 0 Å². The molecule has 5 heteroatoms. The van der Waals surface area contributed by atoms with E-state index < -0.39 is 9.05 Å².